The molecule has 0 amide bonds. The minimum Gasteiger partial charge on any atom is -0.480 e. The summed E-state index contributed by atoms with van der Waals surface area (Å²) in [6.45, 7) is 3.64. The highest BCUT2D eigenvalue weighted by Gasteiger charge is 2.33. The van der Waals surface area contributed by atoms with Gasteiger partial charge in [0.05, 0.1) is 4.90 Å². The Bertz CT molecular complexity index is 637. The van der Waals surface area contributed by atoms with Gasteiger partial charge in [-0.2, -0.15) is 4.31 Å². The first-order valence-electron chi connectivity index (χ1n) is 7.54. The van der Waals surface area contributed by atoms with Crippen molar-refractivity contribution in [2.45, 2.75) is 17.9 Å². The molecule has 1 unspecified atom stereocenters. The first-order valence-corrected chi connectivity index (χ1v) is 8.98. The lowest BCUT2D eigenvalue weighted by Gasteiger charge is -2.37. The van der Waals surface area contributed by atoms with Gasteiger partial charge in [-0.25, -0.2) is 8.42 Å². The van der Waals surface area contributed by atoms with Gasteiger partial charge in [0.15, 0.2) is 0 Å². The van der Waals surface area contributed by atoms with E-state index in [-0.39, 0.29) is 4.90 Å². The number of carbonyl (C=O) groups is 1. The summed E-state index contributed by atoms with van der Waals surface area (Å²) in [5.74, 6) is -0.894. The number of carboxylic acids is 1. The van der Waals surface area contributed by atoms with Crippen molar-refractivity contribution in [3.05, 3.63) is 29.8 Å². The van der Waals surface area contributed by atoms with Gasteiger partial charge in [-0.3, -0.25) is 9.69 Å². The second-order valence-corrected chi connectivity index (χ2v) is 7.60. The summed E-state index contributed by atoms with van der Waals surface area (Å²) in [4.78, 5) is 13.4. The van der Waals surface area contributed by atoms with Crippen LogP contribution in [0.3, 0.4) is 0 Å². The van der Waals surface area contributed by atoms with Gasteiger partial charge in [-0.1, -0.05) is 17.7 Å². The summed E-state index contributed by atoms with van der Waals surface area (Å²) >= 11 is 0. The van der Waals surface area contributed by atoms with E-state index in [0.29, 0.717) is 32.7 Å². The normalized spacial score (nSPS) is 18.7. The van der Waals surface area contributed by atoms with Crippen LogP contribution in [0, 0.1) is 6.92 Å². The predicted molar refractivity (Wildman–Crippen MR) is 86.9 cm³/mol. The lowest BCUT2D eigenvalue weighted by molar-refractivity contribution is -0.143. The highest BCUT2D eigenvalue weighted by molar-refractivity contribution is 7.89. The van der Waals surface area contributed by atoms with Crippen molar-refractivity contribution in [3.63, 3.8) is 0 Å². The van der Waals surface area contributed by atoms with Gasteiger partial charge < -0.3 is 10.4 Å². The number of hydrogen-bond acceptors (Lipinski definition) is 5. The Balaban J connectivity index is 2.06. The number of piperazine rings is 1. The van der Waals surface area contributed by atoms with Crippen molar-refractivity contribution < 1.29 is 18.3 Å². The molecule has 0 radical (unpaired) electrons. The van der Waals surface area contributed by atoms with Crippen LogP contribution in [0.25, 0.3) is 0 Å². The number of likely N-dealkylation sites (N-methyl/N-ethyl adjacent to an activating group) is 1. The molecule has 128 valence electrons. The monoisotopic (exact) mass is 341 g/mol. The van der Waals surface area contributed by atoms with E-state index in [1.54, 1.807) is 36.2 Å². The maximum absolute atomic E-state index is 12.6. The molecule has 1 aromatic carbocycles. The molecule has 2 N–H and O–H groups in total. The fourth-order valence-electron chi connectivity index (χ4n) is 2.68. The molecule has 0 spiro atoms. The van der Waals surface area contributed by atoms with Crippen molar-refractivity contribution in [2.75, 3.05) is 39.8 Å². The third-order valence-corrected chi connectivity index (χ3v) is 5.97. The van der Waals surface area contributed by atoms with Crippen LogP contribution in [0.2, 0.25) is 0 Å². The second kappa shape index (κ2) is 7.39. The Morgan fingerprint density at radius 1 is 1.22 bits per heavy atom. The van der Waals surface area contributed by atoms with Crippen LogP contribution in [0.1, 0.15) is 5.56 Å². The molecule has 0 aliphatic carbocycles. The third-order valence-electron chi connectivity index (χ3n) is 4.06. The summed E-state index contributed by atoms with van der Waals surface area (Å²) in [7, 11) is -1.81. The largest absolute Gasteiger partial charge is 0.480 e. The Morgan fingerprint density at radius 2 is 1.78 bits per heavy atom. The molecule has 0 bridgehead atoms. The van der Waals surface area contributed by atoms with E-state index >= 15 is 0 Å². The summed E-state index contributed by atoms with van der Waals surface area (Å²) < 4.78 is 26.6. The Hall–Kier alpha value is -1.48. The molecule has 0 aromatic heterocycles. The quantitative estimate of drug-likeness (QED) is 0.755. The van der Waals surface area contributed by atoms with Crippen LogP contribution >= 0.6 is 0 Å². The molecule has 2 rings (SSSR count). The zero-order valence-corrected chi connectivity index (χ0v) is 14.2. The highest BCUT2D eigenvalue weighted by atomic mass is 32.2. The zero-order chi connectivity index (χ0) is 17.0. The van der Waals surface area contributed by atoms with E-state index in [1.807, 2.05) is 6.92 Å². The average molecular weight is 341 g/mol. The van der Waals surface area contributed by atoms with Gasteiger partial charge in [-0.05, 0) is 26.1 Å². The predicted octanol–water partition coefficient (Wildman–Crippen LogP) is -0.0261. The Kier molecular flexibility index (Phi) is 5.74. The molecule has 1 fully saturated rings. The minimum absolute atomic E-state index is 0.279. The number of carboxylic acid groups (broad SMARTS) is 1. The molecule has 1 aliphatic heterocycles. The zero-order valence-electron chi connectivity index (χ0n) is 13.4. The smallest absolute Gasteiger partial charge is 0.322 e. The van der Waals surface area contributed by atoms with Crippen molar-refractivity contribution >= 4 is 16.0 Å². The number of nitrogens with zero attached hydrogens (tertiary/aromatic N) is 2. The van der Waals surface area contributed by atoms with Crippen LogP contribution in [-0.2, 0) is 14.8 Å². The van der Waals surface area contributed by atoms with E-state index in [4.69, 9.17) is 0 Å². The van der Waals surface area contributed by atoms with Gasteiger partial charge >= 0.3 is 5.97 Å². The van der Waals surface area contributed by atoms with Gasteiger partial charge in [0.25, 0.3) is 0 Å². The summed E-state index contributed by atoms with van der Waals surface area (Å²) in [5.41, 5.74) is 1.00. The molecule has 1 aromatic rings. The lowest BCUT2D eigenvalue weighted by Crippen LogP contribution is -2.56. The van der Waals surface area contributed by atoms with Gasteiger partial charge in [-0.15, -0.1) is 0 Å². The fraction of sp³-hybridized carbons (Fsp3) is 0.533. The van der Waals surface area contributed by atoms with Crippen LogP contribution in [-0.4, -0.2) is 74.5 Å². The molecule has 23 heavy (non-hydrogen) atoms. The molecule has 1 atom stereocenters. The van der Waals surface area contributed by atoms with E-state index < -0.39 is 22.0 Å². The molecule has 7 nitrogen and oxygen atoms in total. The minimum atomic E-state index is -3.52. The van der Waals surface area contributed by atoms with E-state index in [0.717, 1.165) is 5.56 Å². The maximum Gasteiger partial charge on any atom is 0.322 e. The molecule has 1 saturated heterocycles. The topological polar surface area (TPSA) is 89.9 Å². The maximum atomic E-state index is 12.6. The summed E-state index contributed by atoms with van der Waals surface area (Å²) in [6, 6.07) is 6.13. The van der Waals surface area contributed by atoms with Crippen LogP contribution in [0.15, 0.2) is 29.2 Å². The highest BCUT2D eigenvalue weighted by Crippen LogP contribution is 2.19. The van der Waals surface area contributed by atoms with Gasteiger partial charge in [0.1, 0.15) is 6.04 Å². The Labute approximate surface area is 136 Å². The number of aryl methyl sites for hydroxylation is 1. The molecular formula is C15H23N3O4S. The number of hydrogen-bond donors (Lipinski definition) is 2. The molecule has 8 heteroatoms. The molecular weight excluding hydrogens is 318 g/mol. The lowest BCUT2D eigenvalue weighted by atomic mass is 10.2. The van der Waals surface area contributed by atoms with Crippen molar-refractivity contribution in [3.8, 4) is 0 Å². The SMILES string of the molecule is CNCC(C(=O)O)N1CCN(S(=O)(=O)c2ccc(C)cc2)CC1. The third kappa shape index (κ3) is 4.08. The number of sulfonamides is 1. The van der Waals surface area contributed by atoms with Gasteiger partial charge in [0.2, 0.25) is 10.0 Å². The fourth-order valence-corrected chi connectivity index (χ4v) is 4.10. The number of nitrogens with one attached hydrogen (secondary N) is 1. The first-order chi connectivity index (χ1) is 10.9. The number of rotatable bonds is 6. The van der Waals surface area contributed by atoms with E-state index in [2.05, 4.69) is 5.32 Å². The average Bonchev–Trinajstić information content (AvgIpc) is 2.53. The Morgan fingerprint density at radius 3 is 2.26 bits per heavy atom. The second-order valence-electron chi connectivity index (χ2n) is 5.66. The van der Waals surface area contributed by atoms with E-state index in [9.17, 15) is 18.3 Å². The van der Waals surface area contributed by atoms with Crippen molar-refractivity contribution in [1.82, 2.24) is 14.5 Å². The van der Waals surface area contributed by atoms with Crippen LogP contribution < -0.4 is 5.32 Å². The summed E-state index contributed by atoms with van der Waals surface area (Å²) in [5, 5.41) is 12.1. The van der Waals surface area contributed by atoms with Crippen molar-refractivity contribution in [1.29, 1.82) is 0 Å². The van der Waals surface area contributed by atoms with Crippen molar-refractivity contribution in [2.24, 2.45) is 0 Å². The standard InChI is InChI=1S/C15H23N3O4S/c1-12-3-5-13(6-4-12)23(21,22)18-9-7-17(8-10-18)14(11-16-2)15(19)20/h3-6,14,16H,7-11H2,1-2H3,(H,19,20). The van der Waals surface area contributed by atoms with Crippen LogP contribution in [0.4, 0.5) is 0 Å². The first kappa shape index (κ1) is 17.9. The van der Waals surface area contributed by atoms with Gasteiger partial charge in [0, 0.05) is 32.7 Å². The number of aliphatic carboxylic acids is 1. The molecule has 0 saturated carbocycles. The van der Waals surface area contributed by atoms with Crippen LogP contribution in [0.5, 0.6) is 0 Å². The summed E-state index contributed by atoms with van der Waals surface area (Å²) in [6.07, 6.45) is 0. The number of benzene rings is 1. The van der Waals surface area contributed by atoms with E-state index in [1.165, 1.54) is 4.31 Å². The molecule has 1 heterocycles. The molecule has 1 aliphatic rings.